The third-order valence-electron chi connectivity index (χ3n) is 3.71. The fourth-order valence-corrected chi connectivity index (χ4v) is 2.67. The van der Waals surface area contributed by atoms with Gasteiger partial charge in [0.2, 0.25) is 5.91 Å². The Balaban J connectivity index is 1.59. The summed E-state index contributed by atoms with van der Waals surface area (Å²) in [7, 11) is 0. The van der Waals surface area contributed by atoms with Crippen molar-refractivity contribution in [2.24, 2.45) is 5.92 Å². The first-order valence-corrected chi connectivity index (χ1v) is 8.42. The number of halogens is 1. The van der Waals surface area contributed by atoms with Crippen molar-refractivity contribution in [3.8, 4) is 11.5 Å². The first kappa shape index (κ1) is 17.7. The first-order chi connectivity index (χ1) is 12.2. The zero-order valence-corrected chi connectivity index (χ0v) is 14.4. The van der Waals surface area contributed by atoms with Crippen molar-refractivity contribution in [3.63, 3.8) is 0 Å². The van der Waals surface area contributed by atoms with Crippen LogP contribution in [0.25, 0.3) is 0 Å². The molecule has 1 amide bonds. The first-order valence-electron chi connectivity index (χ1n) is 8.04. The topological polar surface area (TPSA) is 69.7 Å². The summed E-state index contributed by atoms with van der Waals surface area (Å²) in [6.45, 7) is 1.94. The molecule has 6 nitrogen and oxygen atoms in total. The van der Waals surface area contributed by atoms with Crippen LogP contribution in [-0.2, 0) is 14.3 Å². The number of carbonyl (C=O) groups excluding carboxylic acids is 1. The van der Waals surface area contributed by atoms with Gasteiger partial charge in [0.25, 0.3) is 0 Å². The highest BCUT2D eigenvalue weighted by Gasteiger charge is 2.17. The number of rotatable bonds is 7. The Bertz CT molecular complexity index is 705. The summed E-state index contributed by atoms with van der Waals surface area (Å²) in [4.78, 5) is 16.1. The van der Waals surface area contributed by atoms with E-state index in [1.54, 1.807) is 42.7 Å². The minimum absolute atomic E-state index is 0.0324. The molecule has 1 atom stereocenters. The van der Waals surface area contributed by atoms with Gasteiger partial charge in [-0.15, -0.1) is 0 Å². The second-order valence-corrected chi connectivity index (χ2v) is 6.11. The number of nitrogens with zero attached hydrogens (tertiary/aromatic N) is 1. The maximum absolute atomic E-state index is 12.1. The number of benzene rings is 1. The van der Waals surface area contributed by atoms with Crippen LogP contribution in [0.15, 0.2) is 42.7 Å². The third-order valence-corrected chi connectivity index (χ3v) is 4.00. The lowest BCUT2D eigenvalue weighted by atomic mass is 10.1. The van der Waals surface area contributed by atoms with E-state index in [2.05, 4.69) is 10.3 Å². The summed E-state index contributed by atoms with van der Waals surface area (Å²) in [6, 6.07) is 8.67. The van der Waals surface area contributed by atoms with Crippen LogP contribution in [0.5, 0.6) is 11.5 Å². The largest absolute Gasteiger partial charge is 0.452 e. The molecule has 0 aliphatic carbocycles. The summed E-state index contributed by atoms with van der Waals surface area (Å²) >= 11 is 6.21. The molecule has 1 fully saturated rings. The predicted molar refractivity (Wildman–Crippen MR) is 94.1 cm³/mol. The van der Waals surface area contributed by atoms with Gasteiger partial charge in [0, 0.05) is 18.7 Å². The van der Waals surface area contributed by atoms with Crippen molar-refractivity contribution in [2.45, 2.75) is 6.42 Å². The van der Waals surface area contributed by atoms with Crippen molar-refractivity contribution in [2.75, 3.05) is 31.7 Å². The number of para-hydroxylation sites is 1. The predicted octanol–water partition coefficient (Wildman–Crippen LogP) is 3.52. The average molecular weight is 363 g/mol. The van der Waals surface area contributed by atoms with Crippen LogP contribution in [0, 0.1) is 5.92 Å². The molecule has 2 heterocycles. The van der Waals surface area contributed by atoms with Gasteiger partial charge in [-0.3, -0.25) is 9.78 Å². The van der Waals surface area contributed by atoms with Crippen LogP contribution >= 0.6 is 11.6 Å². The maximum atomic E-state index is 12.1. The van der Waals surface area contributed by atoms with Gasteiger partial charge in [-0.2, -0.15) is 0 Å². The molecule has 2 aromatic rings. The molecular weight excluding hydrogens is 344 g/mol. The van der Waals surface area contributed by atoms with Crippen molar-refractivity contribution in [1.82, 2.24) is 4.98 Å². The monoisotopic (exact) mass is 362 g/mol. The molecule has 1 aromatic carbocycles. The molecule has 1 aliphatic rings. The number of hydrogen-bond acceptors (Lipinski definition) is 5. The molecule has 132 valence electrons. The summed E-state index contributed by atoms with van der Waals surface area (Å²) < 4.78 is 16.5. The van der Waals surface area contributed by atoms with Crippen LogP contribution < -0.4 is 10.1 Å². The number of nitrogens with one attached hydrogen (secondary N) is 1. The van der Waals surface area contributed by atoms with Gasteiger partial charge < -0.3 is 19.5 Å². The normalized spacial score (nSPS) is 16.6. The smallest absolute Gasteiger partial charge is 0.250 e. The molecule has 0 spiro atoms. The summed E-state index contributed by atoms with van der Waals surface area (Å²) in [5, 5.41) is 3.17. The molecular formula is C18H19ClN2O4. The number of ether oxygens (including phenoxy) is 3. The number of carbonyl (C=O) groups is 1. The Kier molecular flexibility index (Phi) is 6.22. The molecule has 1 aromatic heterocycles. The zero-order valence-electron chi connectivity index (χ0n) is 13.6. The highest BCUT2D eigenvalue weighted by atomic mass is 35.5. The van der Waals surface area contributed by atoms with E-state index in [-0.39, 0.29) is 12.5 Å². The fourth-order valence-electron chi connectivity index (χ4n) is 2.46. The van der Waals surface area contributed by atoms with E-state index in [0.29, 0.717) is 41.3 Å². The van der Waals surface area contributed by atoms with Crippen LogP contribution in [-0.4, -0.2) is 37.3 Å². The second-order valence-electron chi connectivity index (χ2n) is 5.70. The summed E-state index contributed by atoms with van der Waals surface area (Å²) in [5.74, 6) is 0.999. The lowest BCUT2D eigenvalue weighted by Gasteiger charge is -2.14. The van der Waals surface area contributed by atoms with E-state index in [1.807, 2.05) is 0 Å². The molecule has 0 radical (unpaired) electrons. The number of hydrogen-bond donors (Lipinski definition) is 1. The summed E-state index contributed by atoms with van der Waals surface area (Å²) in [6.07, 6.45) is 4.19. The number of anilines is 1. The molecule has 1 aliphatic heterocycles. The Morgan fingerprint density at radius 1 is 1.36 bits per heavy atom. The molecule has 1 N–H and O–H groups in total. The van der Waals surface area contributed by atoms with Crippen molar-refractivity contribution < 1.29 is 19.0 Å². The van der Waals surface area contributed by atoms with E-state index in [9.17, 15) is 4.79 Å². The number of amides is 1. The highest BCUT2D eigenvalue weighted by Crippen LogP contribution is 2.36. The van der Waals surface area contributed by atoms with Gasteiger partial charge in [0.1, 0.15) is 12.4 Å². The average Bonchev–Trinajstić information content (AvgIpc) is 3.12. The Morgan fingerprint density at radius 2 is 2.28 bits per heavy atom. The second kappa shape index (κ2) is 8.80. The van der Waals surface area contributed by atoms with E-state index in [1.165, 1.54) is 0 Å². The van der Waals surface area contributed by atoms with Gasteiger partial charge in [0.05, 0.1) is 30.1 Å². The van der Waals surface area contributed by atoms with Crippen LogP contribution in [0.3, 0.4) is 0 Å². The Hall–Kier alpha value is -2.15. The SMILES string of the molecule is O=C(COCC1CCOC1)Nc1cccc(Cl)c1Oc1cccnc1. The van der Waals surface area contributed by atoms with Crippen LogP contribution in [0.1, 0.15) is 6.42 Å². The van der Waals surface area contributed by atoms with E-state index in [4.69, 9.17) is 25.8 Å². The molecule has 3 rings (SSSR count). The highest BCUT2D eigenvalue weighted by molar-refractivity contribution is 6.32. The molecule has 0 saturated carbocycles. The molecule has 1 saturated heterocycles. The standard InChI is InChI=1S/C18H19ClN2O4/c19-15-4-1-5-16(18(15)25-14-3-2-7-20-9-14)21-17(22)12-24-11-13-6-8-23-10-13/h1-5,7,9,13H,6,8,10-12H2,(H,21,22). The molecule has 1 unspecified atom stereocenters. The lowest BCUT2D eigenvalue weighted by Crippen LogP contribution is -2.21. The fraction of sp³-hybridized carbons (Fsp3) is 0.333. The summed E-state index contributed by atoms with van der Waals surface area (Å²) in [5.41, 5.74) is 0.481. The van der Waals surface area contributed by atoms with Crippen molar-refractivity contribution in [1.29, 1.82) is 0 Å². The van der Waals surface area contributed by atoms with E-state index in [0.717, 1.165) is 13.0 Å². The minimum atomic E-state index is -0.266. The zero-order chi connectivity index (χ0) is 17.5. The Labute approximate surface area is 151 Å². The molecule has 7 heteroatoms. The van der Waals surface area contributed by atoms with Crippen molar-refractivity contribution in [3.05, 3.63) is 47.7 Å². The number of pyridine rings is 1. The quantitative estimate of drug-likeness (QED) is 0.816. The molecule has 0 bridgehead atoms. The molecule has 25 heavy (non-hydrogen) atoms. The third kappa shape index (κ3) is 5.16. The maximum Gasteiger partial charge on any atom is 0.250 e. The van der Waals surface area contributed by atoms with Gasteiger partial charge in [-0.05, 0) is 30.7 Å². The Morgan fingerprint density at radius 3 is 3.04 bits per heavy atom. The van der Waals surface area contributed by atoms with E-state index < -0.39 is 0 Å². The van der Waals surface area contributed by atoms with Gasteiger partial charge >= 0.3 is 0 Å². The minimum Gasteiger partial charge on any atom is -0.452 e. The van der Waals surface area contributed by atoms with Gasteiger partial charge in [0.15, 0.2) is 5.75 Å². The van der Waals surface area contributed by atoms with Gasteiger partial charge in [-0.1, -0.05) is 17.7 Å². The van der Waals surface area contributed by atoms with E-state index >= 15 is 0 Å². The van der Waals surface area contributed by atoms with Gasteiger partial charge in [-0.25, -0.2) is 0 Å². The van der Waals surface area contributed by atoms with Crippen LogP contribution in [0.4, 0.5) is 5.69 Å². The number of aromatic nitrogens is 1. The van der Waals surface area contributed by atoms with Crippen LogP contribution in [0.2, 0.25) is 5.02 Å². The van der Waals surface area contributed by atoms with Crippen molar-refractivity contribution >= 4 is 23.2 Å². The lowest BCUT2D eigenvalue weighted by molar-refractivity contribution is -0.121.